The number of rotatable bonds is 9. The maximum Gasteiger partial charge on any atom is 0.338 e. The topological polar surface area (TPSA) is 105 Å². The van der Waals surface area contributed by atoms with Crippen molar-refractivity contribution < 1.29 is 23.9 Å². The van der Waals surface area contributed by atoms with Gasteiger partial charge in [-0.3, -0.25) is 14.4 Å². The number of ether oxygens (including phenoxy) is 1. The first-order valence-electron chi connectivity index (χ1n) is 12.2. The number of nitrogens with one attached hydrogen (secondary N) is 2. The van der Waals surface area contributed by atoms with E-state index in [4.69, 9.17) is 4.74 Å². The van der Waals surface area contributed by atoms with Crippen LogP contribution >= 0.6 is 0 Å². The summed E-state index contributed by atoms with van der Waals surface area (Å²) in [6.07, 6.45) is 1.45. The van der Waals surface area contributed by atoms with Crippen LogP contribution in [0.25, 0.3) is 0 Å². The number of benzene rings is 3. The SMILES string of the molecule is Cc1ccc(CNC(=O)c2ccccc2NC(=O)COC(=O)c2ccc(CN3CCCC3=O)cc2)cc1. The molecule has 3 aromatic carbocycles. The molecule has 37 heavy (non-hydrogen) atoms. The first kappa shape index (κ1) is 25.6. The van der Waals surface area contributed by atoms with Crippen LogP contribution in [0.5, 0.6) is 0 Å². The van der Waals surface area contributed by atoms with Gasteiger partial charge in [0.2, 0.25) is 5.91 Å². The van der Waals surface area contributed by atoms with Crippen LogP contribution in [0, 0.1) is 6.92 Å². The minimum absolute atomic E-state index is 0.139. The van der Waals surface area contributed by atoms with Gasteiger partial charge in [-0.1, -0.05) is 54.1 Å². The molecule has 4 rings (SSSR count). The molecule has 0 aliphatic carbocycles. The lowest BCUT2D eigenvalue weighted by Gasteiger charge is -2.15. The fourth-order valence-corrected chi connectivity index (χ4v) is 4.01. The Morgan fingerprint density at radius 1 is 0.919 bits per heavy atom. The van der Waals surface area contributed by atoms with Crippen LogP contribution in [0.2, 0.25) is 0 Å². The predicted molar refractivity (Wildman–Crippen MR) is 139 cm³/mol. The van der Waals surface area contributed by atoms with Crippen molar-refractivity contribution in [2.75, 3.05) is 18.5 Å². The molecule has 1 aliphatic heterocycles. The number of amides is 3. The van der Waals surface area contributed by atoms with Crippen molar-refractivity contribution >= 4 is 29.4 Å². The maximum absolute atomic E-state index is 12.7. The summed E-state index contributed by atoms with van der Waals surface area (Å²) >= 11 is 0. The van der Waals surface area contributed by atoms with Crippen molar-refractivity contribution in [2.24, 2.45) is 0 Å². The molecule has 1 saturated heterocycles. The molecule has 3 aromatic rings. The Hall–Kier alpha value is -4.46. The average Bonchev–Trinajstić information content (AvgIpc) is 3.31. The molecular weight excluding hydrogens is 470 g/mol. The van der Waals surface area contributed by atoms with E-state index in [-0.39, 0.29) is 11.8 Å². The Morgan fingerprint density at radius 3 is 2.32 bits per heavy atom. The van der Waals surface area contributed by atoms with Gasteiger partial charge in [0.1, 0.15) is 0 Å². The number of hydrogen-bond acceptors (Lipinski definition) is 5. The molecule has 0 aromatic heterocycles. The van der Waals surface area contributed by atoms with Gasteiger partial charge in [0, 0.05) is 26.1 Å². The summed E-state index contributed by atoms with van der Waals surface area (Å²) in [5.74, 6) is -1.39. The molecule has 8 heteroatoms. The molecule has 0 bridgehead atoms. The van der Waals surface area contributed by atoms with Crippen LogP contribution in [0.4, 0.5) is 5.69 Å². The Balaban J connectivity index is 1.28. The second-order valence-corrected chi connectivity index (χ2v) is 8.95. The zero-order valence-electron chi connectivity index (χ0n) is 20.7. The summed E-state index contributed by atoms with van der Waals surface area (Å²) in [5.41, 5.74) is 3.95. The molecule has 3 amide bonds. The number of para-hydroxylation sites is 1. The van der Waals surface area contributed by atoms with E-state index in [0.29, 0.717) is 36.3 Å². The number of carbonyl (C=O) groups is 4. The van der Waals surface area contributed by atoms with Crippen molar-refractivity contribution in [3.8, 4) is 0 Å². The van der Waals surface area contributed by atoms with E-state index >= 15 is 0 Å². The second kappa shape index (κ2) is 12.0. The summed E-state index contributed by atoms with van der Waals surface area (Å²) in [6, 6.07) is 21.3. The highest BCUT2D eigenvalue weighted by Crippen LogP contribution is 2.17. The molecule has 8 nitrogen and oxygen atoms in total. The lowest BCUT2D eigenvalue weighted by Crippen LogP contribution is -2.26. The normalized spacial score (nSPS) is 12.8. The Labute approximate surface area is 215 Å². The molecule has 0 saturated carbocycles. The van der Waals surface area contributed by atoms with Crippen molar-refractivity contribution in [1.82, 2.24) is 10.2 Å². The van der Waals surface area contributed by atoms with Gasteiger partial charge in [0.05, 0.1) is 16.8 Å². The van der Waals surface area contributed by atoms with Crippen LogP contribution < -0.4 is 10.6 Å². The Bertz CT molecular complexity index is 1290. The summed E-state index contributed by atoms with van der Waals surface area (Å²) < 4.78 is 5.15. The first-order chi connectivity index (χ1) is 17.9. The third-order valence-corrected chi connectivity index (χ3v) is 6.09. The van der Waals surface area contributed by atoms with E-state index in [1.165, 1.54) is 0 Å². The molecular formula is C29H29N3O5. The highest BCUT2D eigenvalue weighted by molar-refractivity contribution is 6.04. The number of anilines is 1. The molecule has 190 valence electrons. The van der Waals surface area contributed by atoms with Crippen molar-refractivity contribution in [3.05, 3.63) is 101 Å². The van der Waals surface area contributed by atoms with Gasteiger partial charge in [0.25, 0.3) is 11.8 Å². The zero-order chi connectivity index (χ0) is 26.2. The number of esters is 1. The largest absolute Gasteiger partial charge is 0.452 e. The summed E-state index contributed by atoms with van der Waals surface area (Å²) in [6.45, 7) is 3.10. The van der Waals surface area contributed by atoms with Gasteiger partial charge >= 0.3 is 5.97 Å². The van der Waals surface area contributed by atoms with E-state index in [1.807, 2.05) is 31.2 Å². The maximum atomic E-state index is 12.7. The van der Waals surface area contributed by atoms with Gasteiger partial charge in [-0.25, -0.2) is 4.79 Å². The number of aryl methyl sites for hydroxylation is 1. The standard InChI is InChI=1S/C29H29N3O5/c1-20-8-10-21(11-9-20)17-30-28(35)24-5-2-3-6-25(24)31-26(33)19-37-29(36)23-14-12-22(13-15-23)18-32-16-4-7-27(32)34/h2-3,5-6,8-15H,4,7,16-19H2,1H3,(H,30,35)(H,31,33). The van der Waals surface area contributed by atoms with Gasteiger partial charge in [-0.2, -0.15) is 0 Å². The van der Waals surface area contributed by atoms with Crippen molar-refractivity contribution in [3.63, 3.8) is 0 Å². The van der Waals surface area contributed by atoms with Crippen LogP contribution in [-0.4, -0.2) is 41.7 Å². The highest BCUT2D eigenvalue weighted by atomic mass is 16.5. The Kier molecular flexibility index (Phi) is 8.30. The van der Waals surface area contributed by atoms with Crippen molar-refractivity contribution in [2.45, 2.75) is 32.9 Å². The molecule has 2 N–H and O–H groups in total. The Morgan fingerprint density at radius 2 is 1.62 bits per heavy atom. The van der Waals surface area contributed by atoms with Gasteiger partial charge in [-0.05, 0) is 48.7 Å². The van der Waals surface area contributed by atoms with Crippen LogP contribution in [0.15, 0.2) is 72.8 Å². The number of likely N-dealkylation sites (tertiary alicyclic amines) is 1. The van der Waals surface area contributed by atoms with Crippen molar-refractivity contribution in [1.29, 1.82) is 0 Å². The quantitative estimate of drug-likeness (QED) is 0.435. The fraction of sp³-hybridized carbons (Fsp3) is 0.241. The van der Waals surface area contributed by atoms with Gasteiger partial charge in [-0.15, -0.1) is 0 Å². The number of nitrogens with zero attached hydrogens (tertiary/aromatic N) is 1. The van der Waals surface area contributed by atoms with E-state index in [9.17, 15) is 19.2 Å². The van der Waals surface area contributed by atoms with Crippen LogP contribution in [0.3, 0.4) is 0 Å². The molecule has 0 unspecified atom stereocenters. The second-order valence-electron chi connectivity index (χ2n) is 8.95. The van der Waals surface area contributed by atoms with Gasteiger partial charge < -0.3 is 20.3 Å². The zero-order valence-corrected chi connectivity index (χ0v) is 20.7. The minimum Gasteiger partial charge on any atom is -0.452 e. The fourth-order valence-electron chi connectivity index (χ4n) is 4.01. The van der Waals surface area contributed by atoms with E-state index in [0.717, 1.165) is 29.7 Å². The van der Waals surface area contributed by atoms with E-state index < -0.39 is 18.5 Å². The number of hydrogen-bond donors (Lipinski definition) is 2. The molecule has 0 spiro atoms. The summed E-state index contributed by atoms with van der Waals surface area (Å²) in [7, 11) is 0. The smallest absolute Gasteiger partial charge is 0.338 e. The average molecular weight is 500 g/mol. The van der Waals surface area contributed by atoms with E-state index in [1.54, 1.807) is 53.4 Å². The molecule has 0 atom stereocenters. The predicted octanol–water partition coefficient (Wildman–Crippen LogP) is 3.84. The third kappa shape index (κ3) is 7.04. The first-order valence-corrected chi connectivity index (χ1v) is 12.2. The van der Waals surface area contributed by atoms with Gasteiger partial charge in [0.15, 0.2) is 6.61 Å². The summed E-state index contributed by atoms with van der Waals surface area (Å²) in [5, 5.41) is 5.50. The van der Waals surface area contributed by atoms with E-state index in [2.05, 4.69) is 10.6 Å². The molecule has 1 heterocycles. The minimum atomic E-state index is -0.636. The van der Waals surface area contributed by atoms with Crippen LogP contribution in [0.1, 0.15) is 50.2 Å². The number of carbonyl (C=O) groups excluding carboxylic acids is 4. The lowest BCUT2D eigenvalue weighted by molar-refractivity contribution is -0.128. The summed E-state index contributed by atoms with van der Waals surface area (Å²) in [4.78, 5) is 51.1. The lowest BCUT2D eigenvalue weighted by atomic mass is 10.1. The monoisotopic (exact) mass is 499 g/mol. The highest BCUT2D eigenvalue weighted by Gasteiger charge is 2.20. The molecule has 1 aliphatic rings. The third-order valence-electron chi connectivity index (χ3n) is 6.09. The van der Waals surface area contributed by atoms with Crippen LogP contribution in [-0.2, 0) is 27.4 Å². The molecule has 0 radical (unpaired) electrons. The molecule has 1 fully saturated rings.